The third-order valence-electron chi connectivity index (χ3n) is 2.91. The van der Waals surface area contributed by atoms with Crippen molar-refractivity contribution < 1.29 is 9.21 Å². The van der Waals surface area contributed by atoms with Crippen molar-refractivity contribution in [3.63, 3.8) is 0 Å². The Morgan fingerprint density at radius 3 is 2.75 bits per heavy atom. The van der Waals surface area contributed by atoms with Crippen LogP contribution in [0.25, 0.3) is 11.0 Å². The molecule has 1 heterocycles. The molecule has 0 fully saturated rings. The number of furan rings is 1. The molecule has 0 aliphatic heterocycles. The van der Waals surface area contributed by atoms with Gasteiger partial charge in [-0.05, 0) is 38.1 Å². The lowest BCUT2D eigenvalue weighted by Gasteiger charge is -2.03. The molecule has 0 aliphatic rings. The average molecular weight is 297 g/mol. The smallest absolute Gasteiger partial charge is 0.287 e. The monoisotopic (exact) mass is 296 g/mol. The second-order valence-electron chi connectivity index (χ2n) is 4.66. The van der Waals surface area contributed by atoms with Crippen LogP contribution >= 0.6 is 12.4 Å². The number of aryl methyl sites for hydroxylation is 1. The minimum atomic E-state index is -0.160. The van der Waals surface area contributed by atoms with Gasteiger partial charge in [-0.2, -0.15) is 0 Å². The minimum absolute atomic E-state index is 0. The van der Waals surface area contributed by atoms with Gasteiger partial charge < -0.3 is 15.1 Å². The van der Waals surface area contributed by atoms with Gasteiger partial charge >= 0.3 is 0 Å². The standard InChI is InChI=1S/C15H20N2O2.ClH/c1-3-6-16-7-8-17-15(18)14-10-12-9-11(2)4-5-13(12)19-14;/h4-5,9-10,16H,3,6-8H2,1-2H3,(H,17,18);1H. The molecule has 2 rings (SSSR count). The van der Waals surface area contributed by atoms with Gasteiger partial charge in [0, 0.05) is 18.5 Å². The number of carbonyl (C=O) groups is 1. The Hall–Kier alpha value is -1.52. The zero-order valence-corrected chi connectivity index (χ0v) is 12.7. The van der Waals surface area contributed by atoms with Crippen molar-refractivity contribution in [3.8, 4) is 0 Å². The molecular weight excluding hydrogens is 276 g/mol. The van der Waals surface area contributed by atoms with Crippen molar-refractivity contribution in [1.29, 1.82) is 0 Å². The van der Waals surface area contributed by atoms with Crippen LogP contribution in [0.1, 0.15) is 29.5 Å². The first-order valence-electron chi connectivity index (χ1n) is 6.70. The first-order valence-corrected chi connectivity index (χ1v) is 6.70. The Kier molecular flexibility index (Phi) is 6.55. The highest BCUT2D eigenvalue weighted by Gasteiger charge is 2.11. The number of halogens is 1. The number of benzene rings is 1. The molecule has 1 aromatic heterocycles. The number of carbonyl (C=O) groups excluding carboxylic acids is 1. The Morgan fingerprint density at radius 2 is 2.00 bits per heavy atom. The molecule has 0 unspecified atom stereocenters. The Morgan fingerprint density at radius 1 is 1.20 bits per heavy atom. The van der Waals surface area contributed by atoms with E-state index in [1.807, 2.05) is 25.1 Å². The predicted molar refractivity (Wildman–Crippen MR) is 83.7 cm³/mol. The molecule has 4 nitrogen and oxygen atoms in total. The highest BCUT2D eigenvalue weighted by atomic mass is 35.5. The molecule has 0 saturated carbocycles. The fraction of sp³-hybridized carbons (Fsp3) is 0.400. The van der Waals surface area contributed by atoms with Gasteiger partial charge in [0.05, 0.1) is 0 Å². The molecule has 20 heavy (non-hydrogen) atoms. The van der Waals surface area contributed by atoms with Crippen LogP contribution < -0.4 is 10.6 Å². The van der Waals surface area contributed by atoms with Crippen LogP contribution in [-0.4, -0.2) is 25.5 Å². The summed E-state index contributed by atoms with van der Waals surface area (Å²) in [7, 11) is 0. The van der Waals surface area contributed by atoms with Crippen molar-refractivity contribution in [2.45, 2.75) is 20.3 Å². The minimum Gasteiger partial charge on any atom is -0.451 e. The molecule has 2 aromatic rings. The number of amides is 1. The van der Waals surface area contributed by atoms with E-state index in [2.05, 4.69) is 17.6 Å². The summed E-state index contributed by atoms with van der Waals surface area (Å²) >= 11 is 0. The normalized spacial score (nSPS) is 10.3. The largest absolute Gasteiger partial charge is 0.451 e. The van der Waals surface area contributed by atoms with Crippen LogP contribution in [0.4, 0.5) is 0 Å². The zero-order chi connectivity index (χ0) is 13.7. The van der Waals surface area contributed by atoms with Crippen molar-refractivity contribution in [2.24, 2.45) is 0 Å². The quantitative estimate of drug-likeness (QED) is 0.806. The Balaban J connectivity index is 0.00000200. The van der Waals surface area contributed by atoms with E-state index in [0.717, 1.165) is 36.0 Å². The summed E-state index contributed by atoms with van der Waals surface area (Å²) < 4.78 is 5.53. The van der Waals surface area contributed by atoms with Crippen LogP contribution in [-0.2, 0) is 0 Å². The van der Waals surface area contributed by atoms with Gasteiger partial charge in [-0.1, -0.05) is 18.6 Å². The van der Waals surface area contributed by atoms with Gasteiger partial charge in [0.15, 0.2) is 5.76 Å². The molecule has 0 spiro atoms. The zero-order valence-electron chi connectivity index (χ0n) is 11.9. The number of nitrogens with one attached hydrogen (secondary N) is 2. The third-order valence-corrected chi connectivity index (χ3v) is 2.91. The van der Waals surface area contributed by atoms with Crippen LogP contribution in [0.15, 0.2) is 28.7 Å². The lowest BCUT2D eigenvalue weighted by Crippen LogP contribution is -2.31. The molecule has 0 saturated heterocycles. The molecule has 1 amide bonds. The van der Waals surface area contributed by atoms with Crippen LogP contribution in [0.2, 0.25) is 0 Å². The fourth-order valence-corrected chi connectivity index (χ4v) is 1.93. The van der Waals surface area contributed by atoms with Crippen molar-refractivity contribution in [3.05, 3.63) is 35.6 Å². The van der Waals surface area contributed by atoms with E-state index in [1.165, 1.54) is 0 Å². The molecule has 0 bridgehead atoms. The van der Waals surface area contributed by atoms with Crippen LogP contribution in [0.5, 0.6) is 0 Å². The lowest BCUT2D eigenvalue weighted by atomic mass is 10.2. The van der Waals surface area contributed by atoms with Crippen molar-refractivity contribution in [1.82, 2.24) is 10.6 Å². The third kappa shape index (κ3) is 4.25. The number of rotatable bonds is 6. The van der Waals surface area contributed by atoms with E-state index >= 15 is 0 Å². The SMILES string of the molecule is CCCNCCNC(=O)c1cc2cc(C)ccc2o1.Cl. The molecular formula is C15H21ClN2O2. The summed E-state index contributed by atoms with van der Waals surface area (Å²) in [5.74, 6) is 0.211. The van der Waals surface area contributed by atoms with E-state index in [0.29, 0.717) is 12.3 Å². The summed E-state index contributed by atoms with van der Waals surface area (Å²) in [6.45, 7) is 6.49. The van der Waals surface area contributed by atoms with E-state index in [4.69, 9.17) is 4.42 Å². The molecule has 0 radical (unpaired) electrons. The van der Waals surface area contributed by atoms with E-state index in [1.54, 1.807) is 6.07 Å². The highest BCUT2D eigenvalue weighted by molar-refractivity contribution is 5.96. The first-order chi connectivity index (χ1) is 9.20. The van der Waals surface area contributed by atoms with Gasteiger partial charge in [0.25, 0.3) is 5.91 Å². The first kappa shape index (κ1) is 16.5. The molecule has 5 heteroatoms. The summed E-state index contributed by atoms with van der Waals surface area (Å²) in [5, 5.41) is 7.04. The van der Waals surface area contributed by atoms with Gasteiger partial charge in [0.2, 0.25) is 0 Å². The summed E-state index contributed by atoms with van der Waals surface area (Å²) in [6.07, 6.45) is 1.09. The maximum atomic E-state index is 11.9. The van der Waals surface area contributed by atoms with E-state index in [-0.39, 0.29) is 18.3 Å². The molecule has 2 N–H and O–H groups in total. The predicted octanol–water partition coefficient (Wildman–Crippen LogP) is 2.89. The van der Waals surface area contributed by atoms with Gasteiger partial charge in [-0.15, -0.1) is 12.4 Å². The summed E-state index contributed by atoms with van der Waals surface area (Å²) in [4.78, 5) is 11.9. The Labute approximate surface area is 125 Å². The molecule has 0 atom stereocenters. The molecule has 1 aromatic carbocycles. The highest BCUT2D eigenvalue weighted by Crippen LogP contribution is 2.20. The molecule has 110 valence electrons. The summed E-state index contributed by atoms with van der Waals surface area (Å²) in [5.41, 5.74) is 1.91. The van der Waals surface area contributed by atoms with E-state index in [9.17, 15) is 4.79 Å². The number of fused-ring (bicyclic) bond motifs is 1. The topological polar surface area (TPSA) is 54.3 Å². The van der Waals surface area contributed by atoms with Crippen LogP contribution in [0, 0.1) is 6.92 Å². The average Bonchev–Trinajstić information content (AvgIpc) is 2.81. The van der Waals surface area contributed by atoms with Crippen molar-refractivity contribution in [2.75, 3.05) is 19.6 Å². The van der Waals surface area contributed by atoms with Gasteiger partial charge in [0.1, 0.15) is 5.58 Å². The number of hydrogen-bond donors (Lipinski definition) is 2. The van der Waals surface area contributed by atoms with Crippen molar-refractivity contribution >= 4 is 29.3 Å². The maximum Gasteiger partial charge on any atom is 0.287 e. The van der Waals surface area contributed by atoms with E-state index < -0.39 is 0 Å². The van der Waals surface area contributed by atoms with Gasteiger partial charge in [-0.25, -0.2) is 0 Å². The lowest BCUT2D eigenvalue weighted by molar-refractivity contribution is 0.0928. The maximum absolute atomic E-state index is 11.9. The second kappa shape index (κ2) is 7.92. The Bertz CT molecular complexity index is 566. The fourth-order valence-electron chi connectivity index (χ4n) is 1.93. The number of hydrogen-bond acceptors (Lipinski definition) is 3. The summed E-state index contributed by atoms with van der Waals surface area (Å²) in [6, 6.07) is 7.67. The second-order valence-corrected chi connectivity index (χ2v) is 4.66. The molecule has 0 aliphatic carbocycles. The van der Waals surface area contributed by atoms with Crippen LogP contribution in [0.3, 0.4) is 0 Å². The van der Waals surface area contributed by atoms with Gasteiger partial charge in [-0.3, -0.25) is 4.79 Å².